The Kier molecular flexibility index (Phi) is 58.2. The van der Waals surface area contributed by atoms with Gasteiger partial charge in [-0.25, -0.2) is 0 Å². The fourth-order valence-electron chi connectivity index (χ4n) is 0. The fourth-order valence-corrected chi connectivity index (χ4v) is 0. The van der Waals surface area contributed by atoms with Gasteiger partial charge in [0.2, 0.25) is 0 Å². The van der Waals surface area contributed by atoms with E-state index in [4.69, 9.17) is 15.3 Å². The SMILES string of the molecule is O=[N+]([O-])[O-].[Ag+].[Ag+].[F-]. The largest absolute Gasteiger partial charge is 1.00 e. The van der Waals surface area contributed by atoms with Crippen molar-refractivity contribution < 1.29 is 54.6 Å². The molecule has 7 heteroatoms. The van der Waals surface area contributed by atoms with Gasteiger partial charge < -0.3 is 20.0 Å². The van der Waals surface area contributed by atoms with Crippen molar-refractivity contribution in [3.63, 3.8) is 0 Å². The Morgan fingerprint density at radius 1 is 1.14 bits per heavy atom. The second kappa shape index (κ2) is 16.0. The second-order valence-corrected chi connectivity index (χ2v) is 0.224. The van der Waals surface area contributed by atoms with Gasteiger partial charge in [-0.1, -0.05) is 0 Å². The van der Waals surface area contributed by atoms with Crippen molar-refractivity contribution in [3.05, 3.63) is 15.3 Å². The van der Waals surface area contributed by atoms with E-state index >= 15 is 0 Å². The number of rotatable bonds is 0. The third kappa shape index (κ3) is 377. The molecule has 0 fully saturated rings. The molecule has 0 aliphatic heterocycles. The van der Waals surface area contributed by atoms with Gasteiger partial charge in [-0.15, -0.1) is 0 Å². The summed E-state index contributed by atoms with van der Waals surface area (Å²) in [5.41, 5.74) is 0. The van der Waals surface area contributed by atoms with Crippen molar-refractivity contribution >= 4 is 0 Å². The molecule has 0 aromatic rings. The van der Waals surface area contributed by atoms with Crippen molar-refractivity contribution in [2.75, 3.05) is 0 Å². The number of hydrogen-bond acceptors (Lipinski definition) is 3. The predicted octanol–water partition coefficient (Wildman–Crippen LogP) is -3.24. The molecule has 0 rings (SSSR count). The normalized spacial score (nSPS) is 3.43. The minimum atomic E-state index is -1.75. The maximum atomic E-state index is 8.25. The van der Waals surface area contributed by atoms with E-state index in [0.29, 0.717) is 0 Å². The van der Waals surface area contributed by atoms with Gasteiger partial charge >= 0.3 is 44.8 Å². The standard InChI is InChI=1S/2Ag.FH.NO3/c;;;2-1(3)4/h;;1H;/q2*+1;;-1/p-1. The van der Waals surface area contributed by atoms with Crippen LogP contribution in [0, 0.1) is 15.3 Å². The summed E-state index contributed by atoms with van der Waals surface area (Å²) in [6, 6.07) is 0. The van der Waals surface area contributed by atoms with Crippen LogP contribution in [0.5, 0.6) is 0 Å². The van der Waals surface area contributed by atoms with Gasteiger partial charge in [0.1, 0.15) is 0 Å². The molecule has 4 nitrogen and oxygen atoms in total. The van der Waals surface area contributed by atoms with Crippen LogP contribution >= 0.6 is 0 Å². The Hall–Kier alpha value is 0.611. The molecule has 0 bridgehead atoms. The van der Waals surface area contributed by atoms with Crippen LogP contribution in [0.15, 0.2) is 0 Å². The van der Waals surface area contributed by atoms with Crippen molar-refractivity contribution in [1.82, 2.24) is 0 Å². The van der Waals surface area contributed by atoms with Crippen LogP contribution in [0.2, 0.25) is 0 Å². The van der Waals surface area contributed by atoms with Crippen molar-refractivity contribution in [2.24, 2.45) is 0 Å². The molecule has 0 spiro atoms. The Balaban J connectivity index is -0.0000000150. The van der Waals surface area contributed by atoms with Crippen LogP contribution in [0.3, 0.4) is 0 Å². The van der Waals surface area contributed by atoms with Gasteiger partial charge in [-0.05, 0) is 0 Å². The molecule has 0 atom stereocenters. The van der Waals surface area contributed by atoms with Crippen LogP contribution in [0.1, 0.15) is 0 Å². The molecule has 0 aromatic heterocycles. The first kappa shape index (κ1) is 25.5. The average molecular weight is 297 g/mol. The molecular formula is Ag2FNO3. The Bertz CT molecular complexity index is 35.9. The third-order valence-corrected chi connectivity index (χ3v) is 0. The topological polar surface area (TPSA) is 66.2 Å². The molecule has 52 valence electrons. The first-order valence-corrected chi connectivity index (χ1v) is 0.548. The summed E-state index contributed by atoms with van der Waals surface area (Å²) in [5.74, 6) is 0. The van der Waals surface area contributed by atoms with Gasteiger partial charge in [-0.2, -0.15) is 0 Å². The molecule has 0 aromatic carbocycles. The number of hydrogen-bond donors (Lipinski definition) is 0. The molecule has 0 N–H and O–H groups in total. The summed E-state index contributed by atoms with van der Waals surface area (Å²) in [7, 11) is 0. The molecule has 7 heavy (non-hydrogen) atoms. The summed E-state index contributed by atoms with van der Waals surface area (Å²) in [6.07, 6.45) is 0. The van der Waals surface area contributed by atoms with Crippen molar-refractivity contribution in [1.29, 1.82) is 0 Å². The van der Waals surface area contributed by atoms with Crippen LogP contribution in [-0.4, -0.2) is 5.09 Å². The van der Waals surface area contributed by atoms with Crippen LogP contribution in [0.4, 0.5) is 0 Å². The van der Waals surface area contributed by atoms with Gasteiger partial charge in [0.05, 0.1) is 5.09 Å². The van der Waals surface area contributed by atoms with Gasteiger partial charge in [0.25, 0.3) is 0 Å². The first-order valence-electron chi connectivity index (χ1n) is 0.548. The van der Waals surface area contributed by atoms with E-state index in [0.717, 1.165) is 0 Å². The Labute approximate surface area is 69.8 Å². The van der Waals surface area contributed by atoms with E-state index in [1.165, 1.54) is 0 Å². The summed E-state index contributed by atoms with van der Waals surface area (Å²) < 4.78 is 0. The summed E-state index contributed by atoms with van der Waals surface area (Å²) in [4.78, 5) is 8.25. The fraction of sp³-hybridized carbons (Fsp3) is 0. The summed E-state index contributed by atoms with van der Waals surface area (Å²) >= 11 is 0. The van der Waals surface area contributed by atoms with E-state index in [9.17, 15) is 0 Å². The van der Waals surface area contributed by atoms with E-state index in [2.05, 4.69) is 0 Å². The zero-order valence-electron chi connectivity index (χ0n) is 2.65. The summed E-state index contributed by atoms with van der Waals surface area (Å²) in [6.45, 7) is 0. The molecule has 0 aliphatic carbocycles. The zero-order valence-corrected chi connectivity index (χ0v) is 5.62. The van der Waals surface area contributed by atoms with Gasteiger partial charge in [-0.3, -0.25) is 0 Å². The van der Waals surface area contributed by atoms with E-state index in [1.54, 1.807) is 0 Å². The Morgan fingerprint density at radius 3 is 1.14 bits per heavy atom. The first-order chi connectivity index (χ1) is 1.73. The quantitative estimate of drug-likeness (QED) is 0.268. The van der Waals surface area contributed by atoms with Crippen molar-refractivity contribution in [3.8, 4) is 0 Å². The van der Waals surface area contributed by atoms with E-state index < -0.39 is 5.09 Å². The average Bonchev–Trinajstić information content (AvgIpc) is 0.811. The van der Waals surface area contributed by atoms with Crippen LogP contribution < -0.4 is 4.70 Å². The Morgan fingerprint density at radius 2 is 1.14 bits per heavy atom. The monoisotopic (exact) mass is 295 g/mol. The minimum absolute atomic E-state index is 0. The smallest absolute Gasteiger partial charge is 1.00 e. The molecule has 0 radical (unpaired) electrons. The van der Waals surface area contributed by atoms with Crippen molar-refractivity contribution in [2.45, 2.75) is 0 Å². The van der Waals surface area contributed by atoms with Crippen LogP contribution in [0.25, 0.3) is 0 Å². The molecule has 0 amide bonds. The van der Waals surface area contributed by atoms with E-state index in [1.807, 2.05) is 0 Å². The minimum Gasteiger partial charge on any atom is -1.00 e. The maximum absolute atomic E-state index is 8.25. The predicted molar refractivity (Wildman–Crippen MR) is 10.4 cm³/mol. The van der Waals surface area contributed by atoms with Gasteiger partial charge in [0.15, 0.2) is 0 Å². The molecule has 0 aliphatic rings. The van der Waals surface area contributed by atoms with E-state index in [-0.39, 0.29) is 49.5 Å². The summed E-state index contributed by atoms with van der Waals surface area (Å²) in [5, 5.41) is 14.8. The van der Waals surface area contributed by atoms with Gasteiger partial charge in [0, 0.05) is 0 Å². The number of nitrogens with zero attached hydrogens (tertiary/aromatic N) is 1. The van der Waals surface area contributed by atoms with Crippen LogP contribution in [-0.2, 0) is 44.8 Å². The zero-order chi connectivity index (χ0) is 3.58. The maximum Gasteiger partial charge on any atom is 1.00 e. The molecule has 0 saturated heterocycles. The molecule has 0 saturated carbocycles. The second-order valence-electron chi connectivity index (χ2n) is 0.224. The molecule has 0 unspecified atom stereocenters. The molecule has 0 heterocycles. The third-order valence-electron chi connectivity index (χ3n) is 0. The molecular weight excluding hydrogens is 297 g/mol. The number of halogens is 1.